The van der Waals surface area contributed by atoms with Gasteiger partial charge in [-0.2, -0.15) is 0 Å². The van der Waals surface area contributed by atoms with Crippen LogP contribution >= 0.6 is 11.3 Å². The van der Waals surface area contributed by atoms with E-state index in [1.54, 1.807) is 16.3 Å². The maximum atomic E-state index is 12.1. The average molecular weight is 341 g/mol. The summed E-state index contributed by atoms with van der Waals surface area (Å²) in [5.74, 6) is -0.411. The molecule has 2 amide bonds. The molecule has 0 fully saturated rings. The van der Waals surface area contributed by atoms with Gasteiger partial charge in [0.1, 0.15) is 5.60 Å². The third-order valence-electron chi connectivity index (χ3n) is 2.94. The highest BCUT2D eigenvalue weighted by Crippen LogP contribution is 2.14. The van der Waals surface area contributed by atoms with Crippen molar-refractivity contribution in [1.29, 1.82) is 0 Å². The number of rotatable bonds is 8. The third-order valence-corrected chi connectivity index (χ3v) is 3.88. The van der Waals surface area contributed by atoms with Crippen molar-refractivity contribution in [2.75, 3.05) is 19.6 Å². The summed E-state index contributed by atoms with van der Waals surface area (Å²) in [4.78, 5) is 25.9. The normalized spacial score (nSPS) is 11.3. The zero-order valence-electron chi connectivity index (χ0n) is 14.3. The van der Waals surface area contributed by atoms with Crippen molar-refractivity contribution >= 4 is 23.3 Å². The molecule has 23 heavy (non-hydrogen) atoms. The Bertz CT molecular complexity index is 523. The van der Waals surface area contributed by atoms with Gasteiger partial charge in [0.05, 0.1) is 5.56 Å². The van der Waals surface area contributed by atoms with E-state index in [0.29, 0.717) is 31.7 Å². The minimum absolute atomic E-state index is 0.284. The molecular weight excluding hydrogens is 314 g/mol. The van der Waals surface area contributed by atoms with E-state index in [2.05, 4.69) is 5.32 Å². The van der Waals surface area contributed by atoms with Gasteiger partial charge in [-0.3, -0.25) is 4.79 Å². The number of hydrogen-bond acceptors (Lipinski definition) is 5. The molecular formula is C16H27N3O3S. The topological polar surface area (TPSA) is 84.7 Å². The molecule has 0 saturated carbocycles. The first-order chi connectivity index (χ1) is 10.7. The number of amides is 2. The fourth-order valence-electron chi connectivity index (χ4n) is 1.92. The predicted octanol–water partition coefficient (Wildman–Crippen LogP) is 2.58. The molecule has 6 nitrogen and oxygen atoms in total. The monoisotopic (exact) mass is 341 g/mol. The van der Waals surface area contributed by atoms with Crippen LogP contribution in [0, 0.1) is 0 Å². The summed E-state index contributed by atoms with van der Waals surface area (Å²) < 4.78 is 5.41. The lowest BCUT2D eigenvalue weighted by Crippen LogP contribution is -2.40. The molecule has 3 N–H and O–H groups in total. The average Bonchev–Trinajstić information content (AvgIpc) is 2.89. The molecule has 0 aliphatic carbocycles. The van der Waals surface area contributed by atoms with Gasteiger partial charge in [0.15, 0.2) is 0 Å². The van der Waals surface area contributed by atoms with Crippen LogP contribution in [0.5, 0.6) is 0 Å². The lowest BCUT2D eigenvalue weighted by atomic mass is 10.2. The molecule has 0 atom stereocenters. The first kappa shape index (κ1) is 19.4. The van der Waals surface area contributed by atoms with Crippen molar-refractivity contribution in [3.05, 3.63) is 21.9 Å². The fraction of sp³-hybridized carbons (Fsp3) is 0.625. The van der Waals surface area contributed by atoms with Crippen LogP contribution in [0.25, 0.3) is 0 Å². The van der Waals surface area contributed by atoms with Gasteiger partial charge in [-0.25, -0.2) is 4.79 Å². The van der Waals surface area contributed by atoms with E-state index >= 15 is 0 Å². The highest BCUT2D eigenvalue weighted by atomic mass is 32.1. The van der Waals surface area contributed by atoms with Crippen LogP contribution in [0.3, 0.4) is 0 Å². The Morgan fingerprint density at radius 2 is 2.04 bits per heavy atom. The van der Waals surface area contributed by atoms with E-state index in [-0.39, 0.29) is 6.09 Å². The highest BCUT2D eigenvalue weighted by Gasteiger charge is 2.21. The van der Waals surface area contributed by atoms with E-state index in [0.717, 1.165) is 11.3 Å². The molecule has 130 valence electrons. The molecule has 0 spiro atoms. The van der Waals surface area contributed by atoms with Gasteiger partial charge in [0, 0.05) is 36.4 Å². The lowest BCUT2D eigenvalue weighted by Gasteiger charge is -2.27. The fourth-order valence-corrected chi connectivity index (χ4v) is 2.76. The Morgan fingerprint density at radius 3 is 2.57 bits per heavy atom. The molecule has 1 rings (SSSR count). The number of nitrogens with two attached hydrogens (primary N) is 1. The predicted molar refractivity (Wildman–Crippen MR) is 92.6 cm³/mol. The Balaban J connectivity index is 2.40. The van der Waals surface area contributed by atoms with Crippen LogP contribution in [-0.4, -0.2) is 42.1 Å². The second kappa shape index (κ2) is 8.88. The summed E-state index contributed by atoms with van der Waals surface area (Å²) in [7, 11) is 0. The quantitative estimate of drug-likeness (QED) is 0.712. The molecule has 0 aromatic carbocycles. The van der Waals surface area contributed by atoms with Gasteiger partial charge >= 0.3 is 6.09 Å². The second-order valence-electron chi connectivity index (χ2n) is 6.31. The minimum Gasteiger partial charge on any atom is -0.444 e. The van der Waals surface area contributed by atoms with Crippen molar-refractivity contribution in [1.82, 2.24) is 10.2 Å². The molecule has 0 aliphatic heterocycles. The van der Waals surface area contributed by atoms with Crippen molar-refractivity contribution < 1.29 is 14.3 Å². The SMILES string of the molecule is CCCN(CCNCc1cc(C(N)=O)cs1)C(=O)OC(C)(C)C. The van der Waals surface area contributed by atoms with Crippen molar-refractivity contribution in [3.63, 3.8) is 0 Å². The van der Waals surface area contributed by atoms with Crippen LogP contribution in [0.15, 0.2) is 11.4 Å². The summed E-state index contributed by atoms with van der Waals surface area (Å²) in [6, 6.07) is 1.79. The molecule has 7 heteroatoms. The van der Waals surface area contributed by atoms with Crippen LogP contribution < -0.4 is 11.1 Å². The molecule has 0 bridgehead atoms. The summed E-state index contributed by atoms with van der Waals surface area (Å²) in [6.45, 7) is 10.2. The molecule has 1 aromatic heterocycles. The van der Waals surface area contributed by atoms with Gasteiger partial charge in [-0.05, 0) is 33.3 Å². The van der Waals surface area contributed by atoms with Gasteiger partial charge in [0.25, 0.3) is 0 Å². The lowest BCUT2D eigenvalue weighted by molar-refractivity contribution is 0.0251. The maximum Gasteiger partial charge on any atom is 0.410 e. The summed E-state index contributed by atoms with van der Waals surface area (Å²) in [5.41, 5.74) is 5.28. The van der Waals surface area contributed by atoms with Crippen molar-refractivity contribution in [2.45, 2.75) is 46.3 Å². The van der Waals surface area contributed by atoms with E-state index in [9.17, 15) is 9.59 Å². The zero-order chi connectivity index (χ0) is 17.5. The molecule has 1 heterocycles. The van der Waals surface area contributed by atoms with Crippen molar-refractivity contribution in [2.24, 2.45) is 5.73 Å². The number of hydrogen-bond donors (Lipinski definition) is 2. The minimum atomic E-state index is -0.487. The first-order valence-electron chi connectivity index (χ1n) is 7.78. The number of primary amides is 1. The third kappa shape index (κ3) is 7.47. The molecule has 0 saturated heterocycles. The Kier molecular flexibility index (Phi) is 7.51. The van der Waals surface area contributed by atoms with Gasteiger partial charge in [-0.1, -0.05) is 6.92 Å². The van der Waals surface area contributed by atoms with E-state index in [1.165, 1.54) is 11.3 Å². The standard InChI is InChI=1S/C16H27N3O3S/c1-5-7-19(15(21)22-16(2,3)4)8-6-18-10-13-9-12(11-23-13)14(17)20/h9,11,18H,5-8,10H2,1-4H3,(H2,17,20). The summed E-state index contributed by atoms with van der Waals surface area (Å²) in [5, 5.41) is 5.02. The Hall–Kier alpha value is -1.60. The summed E-state index contributed by atoms with van der Waals surface area (Å²) >= 11 is 1.49. The Morgan fingerprint density at radius 1 is 1.35 bits per heavy atom. The molecule has 1 aromatic rings. The van der Waals surface area contributed by atoms with Crippen molar-refractivity contribution in [3.8, 4) is 0 Å². The number of carbonyl (C=O) groups excluding carboxylic acids is 2. The first-order valence-corrected chi connectivity index (χ1v) is 8.66. The van der Waals surface area contributed by atoms with Gasteiger partial charge in [-0.15, -0.1) is 11.3 Å². The van der Waals surface area contributed by atoms with E-state index in [4.69, 9.17) is 10.5 Å². The van der Waals surface area contributed by atoms with Crippen LogP contribution in [0.1, 0.15) is 49.4 Å². The number of carbonyl (C=O) groups is 2. The number of thiophene rings is 1. The number of nitrogens with zero attached hydrogens (tertiary/aromatic N) is 1. The summed E-state index contributed by atoms with van der Waals surface area (Å²) in [6.07, 6.45) is 0.597. The second-order valence-corrected chi connectivity index (χ2v) is 7.31. The molecule has 0 unspecified atom stereocenters. The Labute approximate surface area is 142 Å². The van der Waals surface area contributed by atoms with Crippen LogP contribution in [0.4, 0.5) is 4.79 Å². The van der Waals surface area contributed by atoms with E-state index < -0.39 is 11.5 Å². The van der Waals surface area contributed by atoms with E-state index in [1.807, 2.05) is 27.7 Å². The van der Waals surface area contributed by atoms with Crippen LogP contribution in [-0.2, 0) is 11.3 Å². The van der Waals surface area contributed by atoms with Gasteiger partial charge < -0.3 is 20.7 Å². The molecule has 0 aliphatic rings. The number of nitrogens with one attached hydrogen (secondary N) is 1. The molecule has 0 radical (unpaired) electrons. The van der Waals surface area contributed by atoms with Crippen LogP contribution in [0.2, 0.25) is 0 Å². The maximum absolute atomic E-state index is 12.1. The highest BCUT2D eigenvalue weighted by molar-refractivity contribution is 7.10. The largest absolute Gasteiger partial charge is 0.444 e. The number of ether oxygens (including phenoxy) is 1. The van der Waals surface area contributed by atoms with Gasteiger partial charge in [0.2, 0.25) is 5.91 Å². The zero-order valence-corrected chi connectivity index (χ0v) is 15.2. The smallest absolute Gasteiger partial charge is 0.410 e.